The third-order valence-corrected chi connectivity index (χ3v) is 4.90. The van der Waals surface area contributed by atoms with Crippen molar-refractivity contribution < 1.29 is 8.42 Å². The molecule has 0 fully saturated rings. The Morgan fingerprint density at radius 1 is 1.16 bits per heavy atom. The Labute approximate surface area is 120 Å². The van der Waals surface area contributed by atoms with Gasteiger partial charge in [-0.05, 0) is 42.8 Å². The summed E-state index contributed by atoms with van der Waals surface area (Å²) in [5, 5.41) is 0. The molecule has 0 radical (unpaired) electrons. The summed E-state index contributed by atoms with van der Waals surface area (Å²) in [7, 11) is -3.63. The van der Waals surface area contributed by atoms with Crippen LogP contribution in [-0.2, 0) is 10.0 Å². The highest BCUT2D eigenvalue weighted by Crippen LogP contribution is 2.26. The van der Waals surface area contributed by atoms with Gasteiger partial charge in [0, 0.05) is 10.2 Å². The first-order valence-electron chi connectivity index (χ1n) is 5.53. The summed E-state index contributed by atoms with van der Waals surface area (Å²) in [5.74, 6) is 0. The zero-order valence-electron chi connectivity index (χ0n) is 10.2. The second-order valence-corrected chi connectivity index (χ2v) is 6.63. The molecule has 19 heavy (non-hydrogen) atoms. The molecule has 2 rings (SSSR count). The molecule has 0 atom stereocenters. The van der Waals surface area contributed by atoms with Gasteiger partial charge < -0.3 is 5.73 Å². The van der Waals surface area contributed by atoms with Gasteiger partial charge in [0.05, 0.1) is 10.6 Å². The lowest BCUT2D eigenvalue weighted by atomic mass is 10.2. The maximum atomic E-state index is 12.2. The van der Waals surface area contributed by atoms with E-state index in [1.807, 2.05) is 13.0 Å². The lowest BCUT2D eigenvalue weighted by Crippen LogP contribution is -2.14. The van der Waals surface area contributed by atoms with Crippen LogP contribution in [0.2, 0.25) is 0 Å². The van der Waals surface area contributed by atoms with Crippen molar-refractivity contribution in [3.05, 3.63) is 52.5 Å². The van der Waals surface area contributed by atoms with E-state index in [1.54, 1.807) is 24.3 Å². The largest absolute Gasteiger partial charge is 0.399 e. The van der Waals surface area contributed by atoms with E-state index in [9.17, 15) is 8.42 Å². The topological polar surface area (TPSA) is 72.2 Å². The second-order valence-electron chi connectivity index (χ2n) is 4.09. The van der Waals surface area contributed by atoms with Crippen LogP contribution in [0.25, 0.3) is 0 Å². The highest BCUT2D eigenvalue weighted by atomic mass is 79.9. The van der Waals surface area contributed by atoms with Gasteiger partial charge in [-0.25, -0.2) is 8.42 Å². The molecule has 0 aliphatic rings. The Morgan fingerprint density at radius 2 is 1.84 bits per heavy atom. The molecule has 0 bridgehead atoms. The first kappa shape index (κ1) is 13.9. The Hall–Kier alpha value is -1.53. The number of nitrogens with one attached hydrogen (secondary N) is 1. The van der Waals surface area contributed by atoms with Gasteiger partial charge in [0.1, 0.15) is 0 Å². The van der Waals surface area contributed by atoms with E-state index in [0.717, 1.165) is 10.0 Å². The molecule has 0 aliphatic heterocycles. The van der Waals surface area contributed by atoms with E-state index in [4.69, 9.17) is 5.73 Å². The summed E-state index contributed by atoms with van der Waals surface area (Å²) in [6.45, 7) is 1.83. The Bertz CT molecular complexity index is 714. The number of sulfonamides is 1. The Kier molecular flexibility index (Phi) is 3.82. The zero-order chi connectivity index (χ0) is 14.0. The van der Waals surface area contributed by atoms with Gasteiger partial charge in [-0.3, -0.25) is 4.72 Å². The first-order valence-corrected chi connectivity index (χ1v) is 7.81. The molecule has 0 unspecified atom stereocenters. The van der Waals surface area contributed by atoms with Crippen LogP contribution >= 0.6 is 15.9 Å². The van der Waals surface area contributed by atoms with Crippen molar-refractivity contribution in [2.45, 2.75) is 11.8 Å². The summed E-state index contributed by atoms with van der Waals surface area (Å²) in [6.07, 6.45) is 0. The smallest absolute Gasteiger partial charge is 0.261 e. The van der Waals surface area contributed by atoms with Crippen LogP contribution in [0.1, 0.15) is 5.56 Å². The molecule has 0 spiro atoms. The molecule has 0 heterocycles. The van der Waals surface area contributed by atoms with Crippen molar-refractivity contribution in [1.82, 2.24) is 0 Å². The molecule has 100 valence electrons. The maximum absolute atomic E-state index is 12.2. The van der Waals surface area contributed by atoms with Gasteiger partial charge >= 0.3 is 0 Å². The number of hydrogen-bond acceptors (Lipinski definition) is 3. The van der Waals surface area contributed by atoms with Crippen molar-refractivity contribution in [3.63, 3.8) is 0 Å². The van der Waals surface area contributed by atoms with E-state index in [-0.39, 0.29) is 4.90 Å². The minimum atomic E-state index is -3.63. The first-order chi connectivity index (χ1) is 8.90. The van der Waals surface area contributed by atoms with Crippen LogP contribution < -0.4 is 10.5 Å². The van der Waals surface area contributed by atoms with E-state index < -0.39 is 10.0 Å². The average Bonchev–Trinajstić information content (AvgIpc) is 2.35. The minimum Gasteiger partial charge on any atom is -0.399 e. The van der Waals surface area contributed by atoms with Gasteiger partial charge in [-0.1, -0.05) is 28.1 Å². The van der Waals surface area contributed by atoms with Crippen LogP contribution in [-0.4, -0.2) is 8.42 Å². The third kappa shape index (κ3) is 3.08. The standard InChI is InChI=1S/C13H13BrN2O2S/c1-9-12(14)6-3-7-13(9)16-19(17,18)11-5-2-4-10(15)8-11/h2-8,16H,15H2,1H3. The third-order valence-electron chi connectivity index (χ3n) is 2.68. The predicted octanol–water partition coefficient (Wildman–Crippen LogP) is 3.14. The molecule has 0 aliphatic carbocycles. The number of nitrogen functional groups attached to an aromatic ring is 1. The number of nitrogens with two attached hydrogens (primary N) is 1. The van der Waals surface area contributed by atoms with E-state index in [0.29, 0.717) is 11.4 Å². The van der Waals surface area contributed by atoms with Crippen molar-refractivity contribution in [2.24, 2.45) is 0 Å². The predicted molar refractivity (Wildman–Crippen MR) is 80.5 cm³/mol. The van der Waals surface area contributed by atoms with Crippen molar-refractivity contribution in [2.75, 3.05) is 10.5 Å². The molecule has 2 aromatic carbocycles. The molecule has 3 N–H and O–H groups in total. The van der Waals surface area contributed by atoms with Crippen LogP contribution in [0.4, 0.5) is 11.4 Å². The minimum absolute atomic E-state index is 0.145. The summed E-state index contributed by atoms with van der Waals surface area (Å²) in [4.78, 5) is 0.145. The second kappa shape index (κ2) is 5.22. The Morgan fingerprint density at radius 3 is 2.53 bits per heavy atom. The molecular weight excluding hydrogens is 328 g/mol. The van der Waals surface area contributed by atoms with Gasteiger partial charge in [0.15, 0.2) is 0 Å². The monoisotopic (exact) mass is 340 g/mol. The SMILES string of the molecule is Cc1c(Br)cccc1NS(=O)(=O)c1cccc(N)c1. The summed E-state index contributed by atoms with van der Waals surface area (Å²) >= 11 is 3.37. The van der Waals surface area contributed by atoms with Gasteiger partial charge in [0.25, 0.3) is 10.0 Å². The fourth-order valence-corrected chi connectivity index (χ4v) is 3.15. The number of benzene rings is 2. The van der Waals surface area contributed by atoms with E-state index in [2.05, 4.69) is 20.7 Å². The fourth-order valence-electron chi connectivity index (χ4n) is 1.60. The lowest BCUT2D eigenvalue weighted by molar-refractivity contribution is 0.601. The summed E-state index contributed by atoms with van der Waals surface area (Å²) in [5.41, 5.74) is 7.38. The number of rotatable bonds is 3. The van der Waals surface area contributed by atoms with Crippen molar-refractivity contribution in [3.8, 4) is 0 Å². The van der Waals surface area contributed by atoms with Crippen LogP contribution in [0.5, 0.6) is 0 Å². The fraction of sp³-hybridized carbons (Fsp3) is 0.0769. The van der Waals surface area contributed by atoms with Gasteiger partial charge in [-0.2, -0.15) is 0 Å². The molecule has 6 heteroatoms. The van der Waals surface area contributed by atoms with Crippen molar-refractivity contribution in [1.29, 1.82) is 0 Å². The number of hydrogen-bond donors (Lipinski definition) is 2. The molecule has 4 nitrogen and oxygen atoms in total. The molecule has 0 saturated carbocycles. The van der Waals surface area contributed by atoms with Crippen molar-refractivity contribution >= 4 is 37.3 Å². The molecule has 0 aromatic heterocycles. The van der Waals surface area contributed by atoms with Crippen LogP contribution in [0.15, 0.2) is 51.8 Å². The van der Waals surface area contributed by atoms with Gasteiger partial charge in [-0.15, -0.1) is 0 Å². The summed E-state index contributed by atoms with van der Waals surface area (Å²) in [6, 6.07) is 11.5. The molecule has 0 amide bonds. The normalized spacial score (nSPS) is 11.3. The van der Waals surface area contributed by atoms with Crippen LogP contribution in [0, 0.1) is 6.92 Å². The van der Waals surface area contributed by atoms with E-state index in [1.165, 1.54) is 12.1 Å². The lowest BCUT2D eigenvalue weighted by Gasteiger charge is -2.11. The average molecular weight is 341 g/mol. The molecular formula is C13H13BrN2O2S. The quantitative estimate of drug-likeness (QED) is 0.843. The molecule has 2 aromatic rings. The maximum Gasteiger partial charge on any atom is 0.261 e. The number of halogens is 1. The number of anilines is 2. The Balaban J connectivity index is 2.39. The molecule has 0 saturated heterocycles. The van der Waals surface area contributed by atoms with E-state index >= 15 is 0 Å². The zero-order valence-corrected chi connectivity index (χ0v) is 12.6. The summed E-state index contributed by atoms with van der Waals surface area (Å²) < 4.78 is 27.9. The highest BCUT2D eigenvalue weighted by molar-refractivity contribution is 9.10. The van der Waals surface area contributed by atoms with Gasteiger partial charge in [0.2, 0.25) is 0 Å². The highest BCUT2D eigenvalue weighted by Gasteiger charge is 2.15. The van der Waals surface area contributed by atoms with Crippen LogP contribution in [0.3, 0.4) is 0 Å².